The number of nitro benzene ring substituents is 3. The fourth-order valence-electron chi connectivity index (χ4n) is 12.7. The molecule has 2 saturated carbocycles. The van der Waals surface area contributed by atoms with Gasteiger partial charge in [-0.25, -0.2) is 15.0 Å². The number of nitrogens with one attached hydrogen (secondary N) is 6. The average Bonchev–Trinajstić information content (AvgIpc) is 1.67. The molecule has 14 rings (SSSR count). The van der Waals surface area contributed by atoms with Crippen LogP contribution in [0.25, 0.3) is 33.5 Å². The Labute approximate surface area is 705 Å². The van der Waals surface area contributed by atoms with Gasteiger partial charge in [-0.15, -0.1) is 0 Å². The molecule has 12 aromatic rings. The number of nitrogen functional groups attached to an aromatic ring is 1. The molecule has 6 aromatic heterocycles. The number of non-ortho nitro benzene ring substituents is 3. The zero-order valence-corrected chi connectivity index (χ0v) is 71.7. The molecule has 2 amide bonds. The van der Waals surface area contributed by atoms with Crippen molar-refractivity contribution < 1.29 is 37.9 Å². The van der Waals surface area contributed by atoms with E-state index in [2.05, 4.69) is 119 Å². The summed E-state index contributed by atoms with van der Waals surface area (Å²) in [7, 11) is 18.4. The number of nitrogens with two attached hydrogens (primary N) is 2. The van der Waals surface area contributed by atoms with Gasteiger partial charge in [0, 0.05) is 130 Å². The standard InChI is InChI=1S/C29H35N9O3.C21H18FN7O3.C14H15FN6.C8H18N2.C7H4ClNO3.2ClH.Sn/c1-18(2)37-17-30-25-26(34-29(35-27(25)37)33-20-10-14-23(15-11-20)36(3)4)31-21-6-5-7-22(16-21)32-28(39)19-8-12-24(13-9-19)38(40)41;1-12(2)28-11-23-17-18(26-21(22)27-19(17)28)24-14-4-3-5-15(10-14)25-20(30)13-6-8-16(9-7-13)29(31)32;1-8(2)21-7-17-11-12(19-14(15)20-13(11)21)18-10-5-3-4-9(16)6-10;1-10(2)8-5-3-7(9)4-6-8;8-7(10)5-1-3-6(4-2-5)9(11)12;;;/h5-9,12-13,16-18,20,23H,10-11,14-15H2,1-4H3,(H,32,39)(H2,31,33,34,35);3-12H,1-2H3,(H,25,30)(H,24,26,27);3-8H,16H2,1-2H3,(H,18,19,20);7-8H,3-6,9H2,1-2H3;1-4H;2*1H;/q;;;;;;;+2/p-2. The number of anilines is 10. The minimum atomic E-state index is -0.884. The number of aromatic nitrogens is 12. The Morgan fingerprint density at radius 3 is 1.15 bits per heavy atom. The first-order chi connectivity index (χ1) is 56.7. The summed E-state index contributed by atoms with van der Waals surface area (Å²) < 4.78 is 33.3. The molecule has 40 heteroatoms. The molecule has 10 N–H and O–H groups in total. The predicted molar refractivity (Wildman–Crippen MR) is 461 cm³/mol. The first-order valence-electron chi connectivity index (χ1n) is 37.5. The molecular weight excluding hydrogens is 1710 g/mol. The third-order valence-corrected chi connectivity index (χ3v) is 19.2. The van der Waals surface area contributed by atoms with E-state index >= 15 is 0 Å². The van der Waals surface area contributed by atoms with Crippen molar-refractivity contribution in [2.45, 2.75) is 135 Å². The number of fused-ring (bicyclic) bond motifs is 3. The summed E-state index contributed by atoms with van der Waals surface area (Å²) in [5, 5.41) is 49.8. The molecule has 2 aliphatic rings. The van der Waals surface area contributed by atoms with E-state index in [-0.39, 0.29) is 58.0 Å². The summed E-state index contributed by atoms with van der Waals surface area (Å²) in [5.74, 6) is 0.847. The van der Waals surface area contributed by atoms with E-state index in [1.165, 1.54) is 98.5 Å². The fourth-order valence-corrected chi connectivity index (χ4v) is 12.8. The summed E-state index contributed by atoms with van der Waals surface area (Å²) >= 11 is 4.30. The number of nitrogens with zero attached hydrogens (tertiary/aromatic N) is 17. The zero-order chi connectivity index (χ0) is 86.3. The molecule has 0 aliphatic heterocycles. The van der Waals surface area contributed by atoms with Gasteiger partial charge in [0.2, 0.25) is 5.95 Å². The van der Waals surface area contributed by atoms with Crippen LogP contribution in [0.4, 0.5) is 83.4 Å². The molecule has 119 heavy (non-hydrogen) atoms. The second-order valence-corrected chi connectivity index (χ2v) is 33.4. The molecule has 6 aromatic carbocycles. The van der Waals surface area contributed by atoms with E-state index < -0.39 is 57.0 Å². The van der Waals surface area contributed by atoms with Gasteiger partial charge in [-0.1, -0.05) is 18.2 Å². The number of amides is 2. The number of rotatable bonds is 21. The zero-order valence-electron chi connectivity index (χ0n) is 66.6. The van der Waals surface area contributed by atoms with Gasteiger partial charge in [0.15, 0.2) is 50.9 Å². The van der Waals surface area contributed by atoms with Crippen LogP contribution >= 0.6 is 29.4 Å². The summed E-state index contributed by atoms with van der Waals surface area (Å²) in [6, 6.07) is 39.5. The van der Waals surface area contributed by atoms with Crippen molar-refractivity contribution in [1.29, 1.82) is 0 Å². The number of carbonyl (C=O) groups excluding carboxylic acids is 3. The topological polar surface area (TPSA) is 442 Å². The van der Waals surface area contributed by atoms with E-state index in [4.69, 9.17) is 50.9 Å². The Bertz CT molecular complexity index is 5450. The Kier molecular flexibility index (Phi) is 33.0. The van der Waals surface area contributed by atoms with Gasteiger partial charge in [0.25, 0.3) is 34.1 Å². The Hall–Kier alpha value is -11.8. The molecule has 0 bridgehead atoms. The second-order valence-electron chi connectivity index (χ2n) is 28.8. The van der Waals surface area contributed by atoms with Crippen molar-refractivity contribution >= 4 is 173 Å². The van der Waals surface area contributed by atoms with Crippen LogP contribution in [0.15, 0.2) is 165 Å². The van der Waals surface area contributed by atoms with Crippen LogP contribution in [0.3, 0.4) is 0 Å². The average molecular weight is 1800 g/mol. The Morgan fingerprint density at radius 2 is 0.807 bits per heavy atom. The third kappa shape index (κ3) is 25.8. The third-order valence-electron chi connectivity index (χ3n) is 19.0. The monoisotopic (exact) mass is 1800 g/mol. The van der Waals surface area contributed by atoms with Gasteiger partial charge < -0.3 is 66.9 Å². The summed E-state index contributed by atoms with van der Waals surface area (Å²) in [5.41, 5.74) is 18.9. The van der Waals surface area contributed by atoms with E-state index in [1.807, 2.05) is 50.5 Å². The number of hydrogen-bond donors (Lipinski definition) is 8. The van der Waals surface area contributed by atoms with Crippen LogP contribution < -0.4 is 43.4 Å². The maximum absolute atomic E-state index is 14.0. The van der Waals surface area contributed by atoms with Gasteiger partial charge in [-0.3, -0.25) is 44.7 Å². The van der Waals surface area contributed by atoms with Crippen LogP contribution in [-0.2, 0) is 0 Å². The van der Waals surface area contributed by atoms with Gasteiger partial charge in [-0.05, 0) is 224 Å². The van der Waals surface area contributed by atoms with Gasteiger partial charge >= 0.3 is 48.9 Å². The van der Waals surface area contributed by atoms with E-state index in [0.29, 0.717) is 103 Å². The molecule has 2 fully saturated rings. The van der Waals surface area contributed by atoms with Crippen molar-refractivity contribution in [3.05, 3.63) is 224 Å². The molecular formula is C79H90Cl3F2N25O9Sn. The van der Waals surface area contributed by atoms with Gasteiger partial charge in [0.05, 0.1) is 33.8 Å². The predicted octanol–water partition coefficient (Wildman–Crippen LogP) is 16.7. The number of nitro groups is 3. The van der Waals surface area contributed by atoms with E-state index in [0.717, 1.165) is 37.4 Å². The Morgan fingerprint density at radius 1 is 0.479 bits per heavy atom. The molecule has 0 spiro atoms. The van der Waals surface area contributed by atoms with E-state index in [1.54, 1.807) is 82.7 Å². The SMILES string of the molecule is CC(C)n1cnc2c(Nc3cccc(N)c3)nc(F)nc21.CC(C)n1cnc2c(Nc3cccc(NC(=O)c4ccc([N+](=O)[O-])cc4)c3)nc(F)nc21.CC(C)n1cnc2c(Nc3cccc(NC(=O)c4ccc([N+](=O)[O-])cc4)c3)nc(NC3CCC(N(C)C)CC3)nc21.CN(C)C1CCC(N)CC1.O=C(Cl)c1ccc([N+](=O)[O-])cc1.[Cl][Sn][Cl]. The molecule has 624 valence electrons. The quantitative estimate of drug-likeness (QED) is 0.00827. The van der Waals surface area contributed by atoms with Crippen molar-refractivity contribution in [2.24, 2.45) is 5.73 Å². The summed E-state index contributed by atoms with van der Waals surface area (Å²) in [6.07, 6.45) is 12.7. The van der Waals surface area contributed by atoms with Gasteiger partial charge in [0.1, 0.15) is 0 Å². The Balaban J connectivity index is 0.000000182. The first kappa shape index (κ1) is 91.1. The van der Waals surface area contributed by atoms with Crippen LogP contribution in [0.5, 0.6) is 0 Å². The molecule has 2 aliphatic carbocycles. The van der Waals surface area contributed by atoms with Crippen molar-refractivity contribution in [3.8, 4) is 0 Å². The summed E-state index contributed by atoms with van der Waals surface area (Å²) in [6.45, 7) is 12.0. The van der Waals surface area contributed by atoms with Crippen molar-refractivity contribution in [2.75, 3.05) is 65.8 Å². The normalized spacial score (nSPS) is 14.9. The molecule has 0 saturated heterocycles. The first-order valence-corrected chi connectivity index (χ1v) is 45.2. The number of halogens is 5. The van der Waals surface area contributed by atoms with Crippen LogP contribution in [0.2, 0.25) is 0 Å². The molecule has 2 radical (unpaired) electrons. The minimum absolute atomic E-state index is 0.0418. The second kappa shape index (κ2) is 43.1. The van der Waals surface area contributed by atoms with Crippen LogP contribution in [0.1, 0.15) is 142 Å². The van der Waals surface area contributed by atoms with Gasteiger partial charge in [-0.2, -0.15) is 38.7 Å². The fraction of sp³-hybridized carbons (Fsp3) is 0.316. The maximum atomic E-state index is 14.0. The number of imidazole rings is 3. The number of hydrogen-bond acceptors (Lipinski definition) is 26. The summed E-state index contributed by atoms with van der Waals surface area (Å²) in [4.78, 5) is 109. The molecule has 0 atom stereocenters. The van der Waals surface area contributed by atoms with Crippen LogP contribution in [0, 0.1) is 42.5 Å². The van der Waals surface area contributed by atoms with Crippen molar-refractivity contribution in [1.82, 2.24) is 68.4 Å². The van der Waals surface area contributed by atoms with Crippen molar-refractivity contribution in [3.63, 3.8) is 0 Å². The number of carbonyl (C=O) groups is 3. The molecule has 0 unspecified atom stereocenters. The van der Waals surface area contributed by atoms with Crippen LogP contribution in [-0.4, -0.2) is 171 Å². The van der Waals surface area contributed by atoms with E-state index in [9.17, 15) is 53.5 Å². The number of benzene rings is 6. The molecule has 6 heterocycles. The molecule has 34 nitrogen and oxygen atoms in total.